The first-order valence-electron chi connectivity index (χ1n) is 6.83. The van der Waals surface area contributed by atoms with Gasteiger partial charge in [0.25, 0.3) is 10.0 Å². The molecule has 0 saturated heterocycles. The number of thiophene rings is 1. The highest BCUT2D eigenvalue weighted by molar-refractivity contribution is 7.94. The molecule has 122 valence electrons. The molecule has 3 heterocycles. The molecule has 3 aromatic heterocycles. The molecule has 2 N–H and O–H groups in total. The summed E-state index contributed by atoms with van der Waals surface area (Å²) in [6.07, 6.45) is 1.71. The minimum Gasteiger partial charge on any atom is -0.477 e. The van der Waals surface area contributed by atoms with E-state index in [4.69, 9.17) is 5.11 Å². The van der Waals surface area contributed by atoms with E-state index in [2.05, 4.69) is 4.98 Å². The number of hydrogen-bond donors (Lipinski definition) is 2. The summed E-state index contributed by atoms with van der Waals surface area (Å²) in [6.45, 7) is 2.50. The Bertz CT molecular complexity index is 967. The van der Waals surface area contributed by atoms with Gasteiger partial charge in [-0.25, -0.2) is 13.2 Å². The summed E-state index contributed by atoms with van der Waals surface area (Å²) >= 11 is 1.14. The molecule has 0 radical (unpaired) electrons. The molecular formula is C14H15N3O4S2. The molecule has 0 aliphatic rings. The second-order valence-corrected chi connectivity index (χ2v) is 8.10. The van der Waals surface area contributed by atoms with E-state index in [1.165, 1.54) is 17.4 Å². The summed E-state index contributed by atoms with van der Waals surface area (Å²) in [5.74, 6) is -1.08. The number of fused-ring (bicyclic) bond motifs is 1. The highest BCUT2D eigenvalue weighted by Crippen LogP contribution is 2.33. The number of aromatic carboxylic acids is 1. The SMILES string of the molecule is CCn1cc(N(C)S(=O)(=O)c2cccs2)c2[nH]c(C(=O)O)cc21. The zero-order valence-electron chi connectivity index (χ0n) is 12.5. The van der Waals surface area contributed by atoms with Gasteiger partial charge in [-0.05, 0) is 24.4 Å². The van der Waals surface area contributed by atoms with E-state index >= 15 is 0 Å². The number of carbonyl (C=O) groups is 1. The molecule has 23 heavy (non-hydrogen) atoms. The number of hydrogen-bond acceptors (Lipinski definition) is 4. The molecule has 0 aliphatic heterocycles. The summed E-state index contributed by atoms with van der Waals surface area (Å²) in [5, 5.41) is 10.8. The molecule has 3 aromatic rings. The largest absolute Gasteiger partial charge is 0.477 e. The van der Waals surface area contributed by atoms with Gasteiger partial charge in [0.15, 0.2) is 0 Å². The maximum absolute atomic E-state index is 12.7. The summed E-state index contributed by atoms with van der Waals surface area (Å²) in [7, 11) is -2.21. The summed E-state index contributed by atoms with van der Waals surface area (Å²) in [4.78, 5) is 14.0. The van der Waals surface area contributed by atoms with Crippen LogP contribution in [-0.2, 0) is 16.6 Å². The lowest BCUT2D eigenvalue weighted by molar-refractivity contribution is 0.0691. The Kier molecular flexibility index (Phi) is 3.69. The maximum Gasteiger partial charge on any atom is 0.352 e. The lowest BCUT2D eigenvalue weighted by Crippen LogP contribution is -2.25. The summed E-state index contributed by atoms with van der Waals surface area (Å²) in [5.41, 5.74) is 1.60. The third-order valence-corrected chi connectivity index (χ3v) is 6.81. The van der Waals surface area contributed by atoms with Crippen molar-refractivity contribution in [3.63, 3.8) is 0 Å². The second-order valence-electron chi connectivity index (χ2n) is 4.95. The van der Waals surface area contributed by atoms with Gasteiger partial charge in [0, 0.05) is 19.8 Å². The van der Waals surface area contributed by atoms with Crippen LogP contribution in [0.15, 0.2) is 34.0 Å². The predicted octanol–water partition coefficient (Wildman–Crippen LogP) is 2.57. The lowest BCUT2D eigenvalue weighted by atomic mass is 10.4. The van der Waals surface area contributed by atoms with Crippen LogP contribution >= 0.6 is 11.3 Å². The molecule has 0 spiro atoms. The topological polar surface area (TPSA) is 95.4 Å². The van der Waals surface area contributed by atoms with Gasteiger partial charge >= 0.3 is 5.97 Å². The van der Waals surface area contributed by atoms with Crippen LogP contribution in [0.2, 0.25) is 0 Å². The first-order chi connectivity index (χ1) is 10.9. The monoisotopic (exact) mass is 353 g/mol. The number of aromatic amines is 1. The Morgan fingerprint density at radius 1 is 1.48 bits per heavy atom. The normalized spacial score (nSPS) is 11.9. The standard InChI is InChI=1S/C14H15N3O4S2/c1-3-17-8-11(13-10(17)7-9(15-13)14(18)19)16(2)23(20,21)12-5-4-6-22-12/h4-8,15H,3H2,1-2H3,(H,18,19). The van der Waals surface area contributed by atoms with Crippen molar-refractivity contribution in [1.82, 2.24) is 9.55 Å². The van der Waals surface area contributed by atoms with Crippen molar-refractivity contribution in [2.75, 3.05) is 11.4 Å². The van der Waals surface area contributed by atoms with Crippen LogP contribution in [0.3, 0.4) is 0 Å². The van der Waals surface area contributed by atoms with Gasteiger partial charge in [0.05, 0.1) is 16.7 Å². The number of H-pyrrole nitrogens is 1. The molecule has 0 atom stereocenters. The first kappa shape index (κ1) is 15.6. The van der Waals surface area contributed by atoms with Crippen molar-refractivity contribution >= 4 is 44.1 Å². The fraction of sp³-hybridized carbons (Fsp3) is 0.214. The molecular weight excluding hydrogens is 338 g/mol. The van der Waals surface area contributed by atoms with Crippen molar-refractivity contribution in [1.29, 1.82) is 0 Å². The Labute approximate surface area is 136 Å². The van der Waals surface area contributed by atoms with Crippen LogP contribution in [0.5, 0.6) is 0 Å². The lowest BCUT2D eigenvalue weighted by Gasteiger charge is -2.17. The zero-order valence-corrected chi connectivity index (χ0v) is 14.1. The molecule has 0 fully saturated rings. The maximum atomic E-state index is 12.7. The van der Waals surface area contributed by atoms with Gasteiger partial charge in [-0.3, -0.25) is 4.31 Å². The van der Waals surface area contributed by atoms with Crippen molar-refractivity contribution in [2.45, 2.75) is 17.7 Å². The first-order valence-corrected chi connectivity index (χ1v) is 9.15. The number of anilines is 1. The van der Waals surface area contributed by atoms with Crippen molar-refractivity contribution < 1.29 is 18.3 Å². The molecule has 7 nitrogen and oxygen atoms in total. The number of nitrogens with one attached hydrogen (secondary N) is 1. The Morgan fingerprint density at radius 2 is 2.22 bits per heavy atom. The van der Waals surface area contributed by atoms with Crippen molar-refractivity contribution in [3.05, 3.63) is 35.5 Å². The molecule has 0 amide bonds. The van der Waals surface area contributed by atoms with Crippen LogP contribution in [0.4, 0.5) is 5.69 Å². The fourth-order valence-corrected chi connectivity index (χ4v) is 4.79. The Balaban J connectivity index is 2.17. The van der Waals surface area contributed by atoms with Crippen LogP contribution in [-0.4, -0.2) is 36.1 Å². The van der Waals surface area contributed by atoms with Crippen LogP contribution in [0.1, 0.15) is 17.4 Å². The van der Waals surface area contributed by atoms with Gasteiger partial charge in [-0.2, -0.15) is 0 Å². The Morgan fingerprint density at radius 3 is 2.78 bits per heavy atom. The Hall–Kier alpha value is -2.26. The third kappa shape index (κ3) is 2.41. The highest BCUT2D eigenvalue weighted by atomic mass is 32.2. The van der Waals surface area contributed by atoms with Crippen LogP contribution in [0, 0.1) is 0 Å². The summed E-state index contributed by atoms with van der Waals surface area (Å²) in [6, 6.07) is 4.73. The van der Waals surface area contributed by atoms with E-state index in [-0.39, 0.29) is 9.90 Å². The molecule has 0 aromatic carbocycles. The number of aryl methyl sites for hydroxylation is 1. The quantitative estimate of drug-likeness (QED) is 0.737. The average molecular weight is 353 g/mol. The molecule has 9 heteroatoms. The van der Waals surface area contributed by atoms with Crippen LogP contribution in [0.25, 0.3) is 11.0 Å². The number of nitrogens with zero attached hydrogens (tertiary/aromatic N) is 2. The molecule has 0 bridgehead atoms. The van der Waals surface area contributed by atoms with E-state index in [9.17, 15) is 13.2 Å². The second kappa shape index (κ2) is 5.43. The molecule has 0 unspecified atom stereocenters. The number of rotatable bonds is 5. The third-order valence-electron chi connectivity index (χ3n) is 3.66. The van der Waals surface area contributed by atoms with E-state index < -0.39 is 16.0 Å². The van der Waals surface area contributed by atoms with E-state index in [0.29, 0.717) is 23.3 Å². The highest BCUT2D eigenvalue weighted by Gasteiger charge is 2.26. The van der Waals surface area contributed by atoms with Crippen molar-refractivity contribution in [2.24, 2.45) is 0 Å². The van der Waals surface area contributed by atoms with Gasteiger partial charge < -0.3 is 14.7 Å². The minimum atomic E-state index is -3.67. The number of sulfonamides is 1. The molecule has 0 saturated carbocycles. The fourth-order valence-electron chi connectivity index (χ4n) is 2.44. The van der Waals surface area contributed by atoms with E-state index in [0.717, 1.165) is 11.3 Å². The number of carboxylic acids is 1. The van der Waals surface area contributed by atoms with Gasteiger partial charge in [-0.15, -0.1) is 11.3 Å². The zero-order chi connectivity index (χ0) is 16.8. The smallest absolute Gasteiger partial charge is 0.352 e. The molecule has 3 rings (SSSR count). The summed E-state index contributed by atoms with van der Waals surface area (Å²) < 4.78 is 28.6. The van der Waals surface area contributed by atoms with Gasteiger partial charge in [-0.1, -0.05) is 6.07 Å². The molecule has 0 aliphatic carbocycles. The average Bonchev–Trinajstić information content (AvgIpc) is 3.21. The minimum absolute atomic E-state index is 0.0287. The number of carboxylic acid groups (broad SMARTS) is 1. The van der Waals surface area contributed by atoms with Gasteiger partial charge in [0.2, 0.25) is 0 Å². The van der Waals surface area contributed by atoms with Gasteiger partial charge in [0.1, 0.15) is 9.90 Å². The predicted molar refractivity (Wildman–Crippen MR) is 88.8 cm³/mol. The van der Waals surface area contributed by atoms with Crippen molar-refractivity contribution in [3.8, 4) is 0 Å². The van der Waals surface area contributed by atoms with E-state index in [1.807, 2.05) is 11.5 Å². The van der Waals surface area contributed by atoms with Crippen LogP contribution < -0.4 is 4.31 Å². The van der Waals surface area contributed by atoms with E-state index in [1.54, 1.807) is 23.7 Å². The number of aromatic nitrogens is 2.